The highest BCUT2D eigenvalue weighted by Gasteiger charge is 2.15. The molecule has 1 aliphatic heterocycles. The van der Waals surface area contributed by atoms with E-state index in [9.17, 15) is 4.79 Å². The first kappa shape index (κ1) is 13.5. The highest BCUT2D eigenvalue weighted by Crippen LogP contribution is 2.20. The van der Waals surface area contributed by atoms with Crippen LogP contribution in [0.4, 0.5) is 5.69 Å². The lowest BCUT2D eigenvalue weighted by Gasteiger charge is -2.25. The van der Waals surface area contributed by atoms with Gasteiger partial charge in [-0.15, -0.1) is 0 Å². The number of hydrogen-bond acceptors (Lipinski definition) is 3. The highest BCUT2D eigenvalue weighted by atomic mass is 16.5. The van der Waals surface area contributed by atoms with Crippen molar-refractivity contribution in [1.82, 2.24) is 4.90 Å². The topological polar surface area (TPSA) is 55.6 Å². The zero-order valence-electron chi connectivity index (χ0n) is 11.3. The molecule has 0 atom stereocenters. The third-order valence-electron chi connectivity index (χ3n) is 3.28. The van der Waals surface area contributed by atoms with E-state index >= 15 is 0 Å². The van der Waals surface area contributed by atoms with Gasteiger partial charge in [0.1, 0.15) is 5.75 Å². The van der Waals surface area contributed by atoms with E-state index in [1.54, 1.807) is 6.07 Å². The lowest BCUT2D eigenvalue weighted by atomic mass is 10.1. The molecule has 2 rings (SSSR count). The van der Waals surface area contributed by atoms with Crippen LogP contribution in [0, 0.1) is 0 Å². The van der Waals surface area contributed by atoms with Crippen LogP contribution in [0.1, 0.15) is 19.8 Å². The largest absolute Gasteiger partial charge is 0.491 e. The molecular weight excluding hydrogens is 240 g/mol. The van der Waals surface area contributed by atoms with Crippen molar-refractivity contribution in [3.63, 3.8) is 0 Å². The second-order valence-electron chi connectivity index (χ2n) is 4.78. The maximum atomic E-state index is 12.0. The molecule has 19 heavy (non-hydrogen) atoms. The Kier molecular flexibility index (Phi) is 4.44. The second-order valence-corrected chi connectivity index (χ2v) is 4.78. The van der Waals surface area contributed by atoms with Crippen LogP contribution in [0.15, 0.2) is 35.9 Å². The zero-order valence-corrected chi connectivity index (χ0v) is 11.3. The lowest BCUT2D eigenvalue weighted by molar-refractivity contribution is -0.131. The van der Waals surface area contributed by atoms with Crippen LogP contribution < -0.4 is 10.5 Å². The highest BCUT2D eigenvalue weighted by molar-refractivity contribution is 5.76. The van der Waals surface area contributed by atoms with E-state index in [4.69, 9.17) is 10.5 Å². The van der Waals surface area contributed by atoms with Gasteiger partial charge in [-0.2, -0.15) is 0 Å². The summed E-state index contributed by atoms with van der Waals surface area (Å²) >= 11 is 0. The van der Waals surface area contributed by atoms with Gasteiger partial charge < -0.3 is 15.4 Å². The van der Waals surface area contributed by atoms with E-state index in [2.05, 4.69) is 13.0 Å². The predicted octanol–water partition coefficient (Wildman–Crippen LogP) is 2.22. The molecule has 0 radical (unpaired) electrons. The standard InChI is InChI=1S/C15H20N2O2/c1-12-6-9-17(10-7-12)15(18)8-11-19-14-5-3-2-4-13(14)16/h2-6H,7-11,16H2,1H3. The molecule has 4 nitrogen and oxygen atoms in total. The molecule has 1 aromatic carbocycles. The number of anilines is 1. The molecule has 4 heteroatoms. The number of nitrogens with two attached hydrogens (primary N) is 1. The molecule has 2 N–H and O–H groups in total. The van der Waals surface area contributed by atoms with E-state index in [0.717, 1.165) is 19.5 Å². The number of benzene rings is 1. The van der Waals surface area contributed by atoms with Crippen LogP contribution in [0.5, 0.6) is 5.75 Å². The average molecular weight is 260 g/mol. The molecule has 1 amide bonds. The number of hydrogen-bond donors (Lipinski definition) is 1. The summed E-state index contributed by atoms with van der Waals surface area (Å²) in [6.07, 6.45) is 3.47. The Morgan fingerprint density at radius 3 is 2.89 bits per heavy atom. The molecule has 0 aromatic heterocycles. The molecule has 0 bridgehead atoms. The smallest absolute Gasteiger partial charge is 0.226 e. The number of rotatable bonds is 4. The summed E-state index contributed by atoms with van der Waals surface area (Å²) in [5.41, 5.74) is 7.73. The molecule has 0 fully saturated rings. The van der Waals surface area contributed by atoms with Crippen molar-refractivity contribution in [2.24, 2.45) is 0 Å². The Labute approximate surface area is 113 Å². The third kappa shape index (κ3) is 3.74. The Morgan fingerprint density at radius 2 is 2.21 bits per heavy atom. The van der Waals surface area contributed by atoms with Gasteiger partial charge in [0.2, 0.25) is 5.91 Å². The van der Waals surface area contributed by atoms with Gasteiger partial charge in [0, 0.05) is 13.1 Å². The number of carbonyl (C=O) groups is 1. The van der Waals surface area contributed by atoms with Crippen LogP contribution in [0.2, 0.25) is 0 Å². The van der Waals surface area contributed by atoms with Gasteiger partial charge in [0.05, 0.1) is 18.7 Å². The molecule has 102 valence electrons. The number of carbonyl (C=O) groups excluding carboxylic acids is 1. The van der Waals surface area contributed by atoms with E-state index in [1.165, 1.54) is 5.57 Å². The average Bonchev–Trinajstić information content (AvgIpc) is 2.41. The summed E-state index contributed by atoms with van der Waals surface area (Å²) in [7, 11) is 0. The SMILES string of the molecule is CC1=CCN(C(=O)CCOc2ccccc2N)CC1. The van der Waals surface area contributed by atoms with E-state index in [-0.39, 0.29) is 5.91 Å². The summed E-state index contributed by atoms with van der Waals surface area (Å²) in [6.45, 7) is 4.00. The van der Waals surface area contributed by atoms with Crippen molar-refractivity contribution in [3.05, 3.63) is 35.9 Å². The number of amides is 1. The fourth-order valence-electron chi connectivity index (χ4n) is 2.02. The van der Waals surface area contributed by atoms with Crippen LogP contribution in [0.25, 0.3) is 0 Å². The van der Waals surface area contributed by atoms with Crippen molar-refractivity contribution in [2.45, 2.75) is 19.8 Å². The van der Waals surface area contributed by atoms with Crippen LogP contribution >= 0.6 is 0 Å². The fourth-order valence-corrected chi connectivity index (χ4v) is 2.02. The first-order valence-corrected chi connectivity index (χ1v) is 6.57. The van der Waals surface area contributed by atoms with Crippen molar-refractivity contribution >= 4 is 11.6 Å². The van der Waals surface area contributed by atoms with Gasteiger partial charge in [0.25, 0.3) is 0 Å². The van der Waals surface area contributed by atoms with Crippen LogP contribution in [-0.4, -0.2) is 30.5 Å². The van der Waals surface area contributed by atoms with Crippen molar-refractivity contribution in [3.8, 4) is 5.75 Å². The Hall–Kier alpha value is -1.97. The molecule has 1 aliphatic rings. The monoisotopic (exact) mass is 260 g/mol. The van der Waals surface area contributed by atoms with E-state index in [0.29, 0.717) is 24.5 Å². The number of nitrogen functional groups attached to an aromatic ring is 1. The minimum absolute atomic E-state index is 0.137. The molecule has 0 saturated heterocycles. The molecule has 1 aromatic rings. The van der Waals surface area contributed by atoms with Crippen molar-refractivity contribution in [2.75, 3.05) is 25.4 Å². The predicted molar refractivity (Wildman–Crippen MR) is 75.9 cm³/mol. The van der Waals surface area contributed by atoms with Gasteiger partial charge in [-0.05, 0) is 25.5 Å². The quantitative estimate of drug-likeness (QED) is 0.667. The number of ether oxygens (including phenoxy) is 1. The fraction of sp³-hybridized carbons (Fsp3) is 0.400. The zero-order chi connectivity index (χ0) is 13.7. The van der Waals surface area contributed by atoms with Gasteiger partial charge >= 0.3 is 0 Å². The van der Waals surface area contributed by atoms with E-state index in [1.807, 2.05) is 23.1 Å². The first-order valence-electron chi connectivity index (χ1n) is 6.57. The molecule has 0 saturated carbocycles. The Balaban J connectivity index is 1.77. The summed E-state index contributed by atoms with van der Waals surface area (Å²) in [5.74, 6) is 0.780. The minimum Gasteiger partial charge on any atom is -0.491 e. The number of para-hydroxylation sites is 2. The normalized spacial score (nSPS) is 15.0. The van der Waals surface area contributed by atoms with Gasteiger partial charge in [0.15, 0.2) is 0 Å². The summed E-state index contributed by atoms with van der Waals surface area (Å²) < 4.78 is 5.53. The Morgan fingerprint density at radius 1 is 1.42 bits per heavy atom. The summed E-state index contributed by atoms with van der Waals surface area (Å²) in [6, 6.07) is 7.32. The molecule has 1 heterocycles. The van der Waals surface area contributed by atoms with Gasteiger partial charge in [-0.1, -0.05) is 23.8 Å². The number of nitrogens with zero attached hydrogens (tertiary/aromatic N) is 1. The van der Waals surface area contributed by atoms with Crippen molar-refractivity contribution in [1.29, 1.82) is 0 Å². The first-order chi connectivity index (χ1) is 9.16. The Bertz CT molecular complexity index is 483. The van der Waals surface area contributed by atoms with Crippen molar-refractivity contribution < 1.29 is 9.53 Å². The lowest BCUT2D eigenvalue weighted by Crippen LogP contribution is -2.35. The molecule has 0 spiro atoms. The minimum atomic E-state index is 0.137. The van der Waals surface area contributed by atoms with Crippen LogP contribution in [-0.2, 0) is 4.79 Å². The maximum Gasteiger partial charge on any atom is 0.226 e. The molecule has 0 aliphatic carbocycles. The second kappa shape index (κ2) is 6.27. The summed E-state index contributed by atoms with van der Waals surface area (Å²) in [5, 5.41) is 0. The van der Waals surface area contributed by atoms with Gasteiger partial charge in [-0.3, -0.25) is 4.79 Å². The summed E-state index contributed by atoms with van der Waals surface area (Å²) in [4.78, 5) is 13.8. The molecular formula is C15H20N2O2. The third-order valence-corrected chi connectivity index (χ3v) is 3.28. The van der Waals surface area contributed by atoms with Crippen LogP contribution in [0.3, 0.4) is 0 Å². The maximum absolute atomic E-state index is 12.0. The van der Waals surface area contributed by atoms with E-state index < -0.39 is 0 Å². The molecule has 0 unspecified atom stereocenters. The van der Waals surface area contributed by atoms with Gasteiger partial charge in [-0.25, -0.2) is 0 Å².